The maximum Gasteiger partial charge on any atom is 0.338 e. The third-order valence-electron chi connectivity index (χ3n) is 6.79. The number of halogens is 1. The van der Waals surface area contributed by atoms with Gasteiger partial charge in [-0.15, -0.1) is 0 Å². The monoisotopic (exact) mass is 448 g/mol. The third-order valence-corrected chi connectivity index (χ3v) is 6.79. The van der Waals surface area contributed by atoms with Crippen LogP contribution in [0.15, 0.2) is 60.3 Å². The standard InChI is InChI=1S/C27H29FN2O3/c1-4-20-15-24-19(17-29-30(24)22-12-10-21(28)11-13-22)16-27(20,2)25(31)14-9-18-7-5-6-8-23(18)26(32)33-3/h5-8,10-13,15,17,25,31H,4,9,14,16H2,1-3H3/t25-,27?/m0/s1. The van der Waals surface area contributed by atoms with Crippen LogP contribution in [-0.4, -0.2) is 34.1 Å². The summed E-state index contributed by atoms with van der Waals surface area (Å²) in [5.74, 6) is -0.648. The zero-order valence-electron chi connectivity index (χ0n) is 19.2. The molecule has 0 bridgehead atoms. The number of esters is 1. The molecule has 172 valence electrons. The molecule has 0 saturated heterocycles. The Hall–Kier alpha value is -3.25. The molecule has 1 unspecified atom stereocenters. The number of aromatic nitrogens is 2. The van der Waals surface area contributed by atoms with Crippen molar-refractivity contribution >= 4 is 12.0 Å². The van der Waals surface area contributed by atoms with E-state index in [0.717, 1.165) is 34.5 Å². The number of aryl methyl sites for hydroxylation is 1. The average Bonchev–Trinajstić information content (AvgIpc) is 3.24. The van der Waals surface area contributed by atoms with Crippen molar-refractivity contribution in [3.63, 3.8) is 0 Å². The van der Waals surface area contributed by atoms with Gasteiger partial charge >= 0.3 is 5.97 Å². The molecule has 5 nitrogen and oxygen atoms in total. The molecule has 1 aliphatic rings. The van der Waals surface area contributed by atoms with E-state index in [0.29, 0.717) is 24.8 Å². The summed E-state index contributed by atoms with van der Waals surface area (Å²) < 4.78 is 20.1. The molecule has 4 rings (SSSR count). The number of hydrogen-bond donors (Lipinski definition) is 1. The Balaban J connectivity index is 1.58. The van der Waals surface area contributed by atoms with Gasteiger partial charge in [0.25, 0.3) is 0 Å². The van der Waals surface area contributed by atoms with E-state index in [1.807, 2.05) is 29.1 Å². The van der Waals surface area contributed by atoms with Crippen LogP contribution < -0.4 is 0 Å². The maximum atomic E-state index is 13.4. The molecule has 1 heterocycles. The number of benzene rings is 2. The molecule has 6 heteroatoms. The van der Waals surface area contributed by atoms with Crippen molar-refractivity contribution in [1.82, 2.24) is 9.78 Å². The van der Waals surface area contributed by atoms with E-state index in [-0.39, 0.29) is 11.8 Å². The Morgan fingerprint density at radius 1 is 1.24 bits per heavy atom. The van der Waals surface area contributed by atoms with Gasteiger partial charge in [-0.05, 0) is 73.2 Å². The number of fused-ring (bicyclic) bond motifs is 1. The highest BCUT2D eigenvalue weighted by Crippen LogP contribution is 2.44. The Kier molecular flexibility index (Phi) is 6.47. The number of rotatable bonds is 7. The summed E-state index contributed by atoms with van der Waals surface area (Å²) in [6.45, 7) is 4.18. The van der Waals surface area contributed by atoms with Crippen LogP contribution in [0, 0.1) is 11.2 Å². The van der Waals surface area contributed by atoms with Gasteiger partial charge in [-0.1, -0.05) is 37.6 Å². The Morgan fingerprint density at radius 2 is 1.97 bits per heavy atom. The van der Waals surface area contributed by atoms with Crippen LogP contribution in [0.25, 0.3) is 11.8 Å². The van der Waals surface area contributed by atoms with E-state index in [9.17, 15) is 14.3 Å². The van der Waals surface area contributed by atoms with Crippen molar-refractivity contribution in [3.05, 3.63) is 88.5 Å². The molecule has 33 heavy (non-hydrogen) atoms. The lowest BCUT2D eigenvalue weighted by molar-refractivity contribution is 0.0524. The number of ether oxygens (including phenoxy) is 1. The number of nitrogens with zero attached hydrogens (tertiary/aromatic N) is 2. The molecule has 0 radical (unpaired) electrons. The van der Waals surface area contributed by atoms with Crippen molar-refractivity contribution in [1.29, 1.82) is 0 Å². The van der Waals surface area contributed by atoms with Gasteiger partial charge in [-0.25, -0.2) is 13.9 Å². The summed E-state index contributed by atoms with van der Waals surface area (Å²) in [7, 11) is 1.37. The molecule has 0 saturated carbocycles. The van der Waals surface area contributed by atoms with Crippen molar-refractivity contribution in [2.75, 3.05) is 7.11 Å². The van der Waals surface area contributed by atoms with Gasteiger partial charge in [0.05, 0.1) is 36.4 Å². The van der Waals surface area contributed by atoms with Crippen molar-refractivity contribution in [3.8, 4) is 5.69 Å². The minimum atomic E-state index is -0.600. The smallest absolute Gasteiger partial charge is 0.338 e. The van der Waals surface area contributed by atoms with Crippen LogP contribution in [0.3, 0.4) is 0 Å². The molecular weight excluding hydrogens is 419 g/mol. The van der Waals surface area contributed by atoms with Gasteiger partial charge in [0.15, 0.2) is 0 Å². The lowest BCUT2D eigenvalue weighted by Crippen LogP contribution is -2.38. The van der Waals surface area contributed by atoms with Crippen molar-refractivity contribution in [2.24, 2.45) is 5.41 Å². The first-order chi connectivity index (χ1) is 15.9. The summed E-state index contributed by atoms with van der Waals surface area (Å²) in [6, 6.07) is 13.6. The second-order valence-corrected chi connectivity index (χ2v) is 8.76. The molecule has 2 atom stereocenters. The van der Waals surface area contributed by atoms with Gasteiger partial charge in [-0.3, -0.25) is 0 Å². The lowest BCUT2D eigenvalue weighted by atomic mass is 9.67. The number of methoxy groups -OCH3 is 1. The SMILES string of the molecule is CCC1=Cc2c(cnn2-c2ccc(F)cc2)CC1(C)[C@@H](O)CCc1ccccc1C(=O)OC. The molecule has 0 spiro atoms. The average molecular weight is 449 g/mol. The van der Waals surface area contributed by atoms with Gasteiger partial charge < -0.3 is 9.84 Å². The number of carbonyl (C=O) groups is 1. The summed E-state index contributed by atoms with van der Waals surface area (Å²) in [5.41, 5.74) is 4.93. The predicted octanol–water partition coefficient (Wildman–Crippen LogP) is 5.15. The van der Waals surface area contributed by atoms with Crippen LogP contribution in [0.4, 0.5) is 4.39 Å². The highest BCUT2D eigenvalue weighted by Gasteiger charge is 2.40. The minimum absolute atomic E-state index is 0.283. The van der Waals surface area contributed by atoms with Crippen molar-refractivity contribution in [2.45, 2.75) is 45.6 Å². The summed E-state index contributed by atoms with van der Waals surface area (Å²) >= 11 is 0. The van der Waals surface area contributed by atoms with Crippen LogP contribution in [-0.2, 0) is 17.6 Å². The second-order valence-electron chi connectivity index (χ2n) is 8.76. The van der Waals surface area contributed by atoms with E-state index in [4.69, 9.17) is 4.74 Å². The molecule has 0 fully saturated rings. The fourth-order valence-electron chi connectivity index (χ4n) is 4.80. The third kappa shape index (κ3) is 4.35. The van der Waals surface area contributed by atoms with Crippen molar-refractivity contribution < 1.29 is 19.0 Å². The van der Waals surface area contributed by atoms with Crippen LogP contribution in [0.2, 0.25) is 0 Å². The minimum Gasteiger partial charge on any atom is -0.465 e. The van der Waals surface area contributed by atoms with E-state index in [1.54, 1.807) is 18.2 Å². The Bertz CT molecular complexity index is 1180. The van der Waals surface area contributed by atoms with E-state index >= 15 is 0 Å². The quantitative estimate of drug-likeness (QED) is 0.508. The van der Waals surface area contributed by atoms with E-state index in [1.165, 1.54) is 19.2 Å². The molecule has 1 N–H and O–H groups in total. The molecule has 0 aliphatic heterocycles. The normalized spacial score (nSPS) is 18.4. The van der Waals surface area contributed by atoms with Gasteiger partial charge in [0, 0.05) is 5.41 Å². The number of aliphatic hydroxyl groups is 1. The van der Waals surface area contributed by atoms with E-state index in [2.05, 4.69) is 25.0 Å². The first-order valence-electron chi connectivity index (χ1n) is 11.3. The van der Waals surface area contributed by atoms with Crippen LogP contribution in [0.1, 0.15) is 53.9 Å². The summed E-state index contributed by atoms with van der Waals surface area (Å²) in [5, 5.41) is 15.9. The number of hydrogen-bond acceptors (Lipinski definition) is 4. The second kappa shape index (κ2) is 9.32. The van der Waals surface area contributed by atoms with Gasteiger partial charge in [0.2, 0.25) is 0 Å². The zero-order valence-corrected chi connectivity index (χ0v) is 19.2. The summed E-state index contributed by atoms with van der Waals surface area (Å²) in [4.78, 5) is 12.1. The predicted molar refractivity (Wildman–Crippen MR) is 126 cm³/mol. The summed E-state index contributed by atoms with van der Waals surface area (Å²) in [6.07, 6.45) is 5.88. The Labute approximate surface area is 193 Å². The molecular formula is C27H29FN2O3. The molecule has 3 aromatic rings. The topological polar surface area (TPSA) is 64.3 Å². The lowest BCUT2D eigenvalue weighted by Gasteiger charge is -2.39. The fraction of sp³-hybridized carbons (Fsp3) is 0.333. The van der Waals surface area contributed by atoms with Gasteiger partial charge in [-0.2, -0.15) is 5.10 Å². The van der Waals surface area contributed by atoms with Gasteiger partial charge in [0.1, 0.15) is 5.82 Å². The van der Waals surface area contributed by atoms with Crippen LogP contribution >= 0.6 is 0 Å². The zero-order chi connectivity index (χ0) is 23.6. The maximum absolute atomic E-state index is 13.4. The largest absolute Gasteiger partial charge is 0.465 e. The highest BCUT2D eigenvalue weighted by molar-refractivity contribution is 5.90. The van der Waals surface area contributed by atoms with E-state index < -0.39 is 11.5 Å². The number of carbonyl (C=O) groups excluding carboxylic acids is 1. The molecule has 1 aromatic heterocycles. The molecule has 1 aliphatic carbocycles. The first kappa shape index (κ1) is 22.9. The molecule has 0 amide bonds. The highest BCUT2D eigenvalue weighted by atomic mass is 19.1. The number of aliphatic hydroxyl groups excluding tert-OH is 1. The fourth-order valence-corrected chi connectivity index (χ4v) is 4.80. The Morgan fingerprint density at radius 3 is 2.67 bits per heavy atom. The first-order valence-corrected chi connectivity index (χ1v) is 11.3. The molecule has 2 aromatic carbocycles. The van der Waals surface area contributed by atoms with Crippen LogP contribution in [0.5, 0.6) is 0 Å².